The molecule has 116 valence electrons. The Morgan fingerprint density at radius 3 is 3.27 bits per heavy atom. The van der Waals surface area contributed by atoms with Gasteiger partial charge >= 0.3 is 0 Å². The van der Waals surface area contributed by atoms with Crippen molar-refractivity contribution in [2.24, 2.45) is 5.92 Å². The van der Waals surface area contributed by atoms with Crippen molar-refractivity contribution in [1.29, 1.82) is 0 Å². The van der Waals surface area contributed by atoms with E-state index < -0.39 is 0 Å². The number of aryl methyl sites for hydroxylation is 1. The maximum atomic E-state index is 12.3. The molecule has 0 aliphatic heterocycles. The zero-order valence-electron chi connectivity index (χ0n) is 12.7. The molecule has 1 aliphatic carbocycles. The van der Waals surface area contributed by atoms with Gasteiger partial charge in [0.2, 0.25) is 5.91 Å². The van der Waals surface area contributed by atoms with Gasteiger partial charge in [-0.15, -0.1) is 11.3 Å². The lowest BCUT2D eigenvalue weighted by molar-refractivity contribution is -0.125. The van der Waals surface area contributed by atoms with Crippen LogP contribution in [0.2, 0.25) is 0 Å². The molecule has 1 heterocycles. The summed E-state index contributed by atoms with van der Waals surface area (Å²) in [5.41, 5.74) is 4.24. The predicted molar refractivity (Wildman–Crippen MR) is 87.3 cm³/mol. The summed E-state index contributed by atoms with van der Waals surface area (Å²) in [6.07, 6.45) is 3.49. The SMILES string of the molecule is COc1cccc(CCNC(=O)C2CCc3ncsc3C2)c1. The number of rotatable bonds is 5. The second kappa shape index (κ2) is 6.92. The Morgan fingerprint density at radius 2 is 2.41 bits per heavy atom. The van der Waals surface area contributed by atoms with E-state index in [1.54, 1.807) is 18.4 Å². The molecule has 3 rings (SSSR count). The third-order valence-corrected chi connectivity index (χ3v) is 5.00. The molecule has 0 saturated heterocycles. The quantitative estimate of drug-likeness (QED) is 0.922. The number of aromatic nitrogens is 1. The van der Waals surface area contributed by atoms with E-state index in [9.17, 15) is 4.79 Å². The number of nitrogens with one attached hydrogen (secondary N) is 1. The maximum absolute atomic E-state index is 12.3. The van der Waals surface area contributed by atoms with E-state index in [0.29, 0.717) is 6.54 Å². The largest absolute Gasteiger partial charge is 0.497 e. The molecule has 1 aromatic heterocycles. The molecule has 2 aromatic rings. The number of amides is 1. The van der Waals surface area contributed by atoms with E-state index in [2.05, 4.69) is 16.4 Å². The minimum Gasteiger partial charge on any atom is -0.497 e. The molecular weight excluding hydrogens is 296 g/mol. The molecule has 0 saturated carbocycles. The van der Waals surface area contributed by atoms with Gasteiger partial charge in [0.05, 0.1) is 18.3 Å². The fourth-order valence-corrected chi connectivity index (χ4v) is 3.72. The van der Waals surface area contributed by atoms with Crippen molar-refractivity contribution in [3.63, 3.8) is 0 Å². The van der Waals surface area contributed by atoms with Gasteiger partial charge in [-0.05, 0) is 43.4 Å². The topological polar surface area (TPSA) is 51.2 Å². The number of hydrogen-bond donors (Lipinski definition) is 1. The fraction of sp³-hybridized carbons (Fsp3) is 0.412. The van der Waals surface area contributed by atoms with E-state index in [4.69, 9.17) is 4.74 Å². The summed E-state index contributed by atoms with van der Waals surface area (Å²) in [6.45, 7) is 0.665. The molecular formula is C17H20N2O2S. The summed E-state index contributed by atoms with van der Waals surface area (Å²) in [6, 6.07) is 7.97. The van der Waals surface area contributed by atoms with Gasteiger partial charge in [0.1, 0.15) is 5.75 Å². The van der Waals surface area contributed by atoms with E-state index in [1.807, 2.05) is 23.7 Å². The molecule has 0 radical (unpaired) electrons. The van der Waals surface area contributed by atoms with E-state index in [1.165, 1.54) is 16.1 Å². The standard InChI is InChI=1S/C17H20N2O2S/c1-21-14-4-2-3-12(9-14)7-8-18-17(20)13-5-6-15-16(10-13)22-11-19-15/h2-4,9,11,13H,5-8,10H2,1H3,(H,18,20). The molecule has 1 aliphatic rings. The summed E-state index contributed by atoms with van der Waals surface area (Å²) in [5.74, 6) is 1.12. The number of carbonyl (C=O) groups is 1. The summed E-state index contributed by atoms with van der Waals surface area (Å²) < 4.78 is 5.21. The monoisotopic (exact) mass is 316 g/mol. The van der Waals surface area contributed by atoms with Crippen molar-refractivity contribution >= 4 is 17.2 Å². The highest BCUT2D eigenvalue weighted by Gasteiger charge is 2.25. The van der Waals surface area contributed by atoms with Gasteiger partial charge in [-0.3, -0.25) is 4.79 Å². The summed E-state index contributed by atoms with van der Waals surface area (Å²) in [4.78, 5) is 17.9. The van der Waals surface area contributed by atoms with Gasteiger partial charge in [0, 0.05) is 17.3 Å². The van der Waals surface area contributed by atoms with Crippen LogP contribution in [0.4, 0.5) is 0 Å². The van der Waals surface area contributed by atoms with Crippen LogP contribution in [-0.2, 0) is 24.1 Å². The number of benzene rings is 1. The van der Waals surface area contributed by atoms with E-state index in [-0.39, 0.29) is 11.8 Å². The molecule has 0 bridgehead atoms. The van der Waals surface area contributed by atoms with Gasteiger partial charge in [-0.25, -0.2) is 4.98 Å². The molecule has 0 spiro atoms. The second-order valence-electron chi connectivity index (χ2n) is 5.55. The zero-order valence-corrected chi connectivity index (χ0v) is 13.5. The van der Waals surface area contributed by atoms with Crippen LogP contribution >= 0.6 is 11.3 Å². The number of ether oxygens (including phenoxy) is 1. The molecule has 1 amide bonds. The average molecular weight is 316 g/mol. The van der Waals surface area contributed by atoms with Crippen molar-refractivity contribution in [1.82, 2.24) is 10.3 Å². The summed E-state index contributed by atoms with van der Waals surface area (Å²) >= 11 is 1.67. The number of thiazole rings is 1. The van der Waals surface area contributed by atoms with Gasteiger partial charge in [0.25, 0.3) is 0 Å². The lowest BCUT2D eigenvalue weighted by Crippen LogP contribution is -2.35. The molecule has 1 unspecified atom stereocenters. The maximum Gasteiger partial charge on any atom is 0.223 e. The number of methoxy groups -OCH3 is 1. The smallest absolute Gasteiger partial charge is 0.223 e. The average Bonchev–Trinajstić information content (AvgIpc) is 3.02. The molecule has 5 heteroatoms. The van der Waals surface area contributed by atoms with Crippen molar-refractivity contribution in [3.8, 4) is 5.75 Å². The molecule has 4 nitrogen and oxygen atoms in total. The Morgan fingerprint density at radius 1 is 1.50 bits per heavy atom. The van der Waals surface area contributed by atoms with Crippen molar-refractivity contribution in [2.45, 2.75) is 25.7 Å². The van der Waals surface area contributed by atoms with Crippen LogP contribution in [0.1, 0.15) is 22.6 Å². The molecule has 22 heavy (non-hydrogen) atoms. The zero-order chi connectivity index (χ0) is 15.4. The number of fused-ring (bicyclic) bond motifs is 1. The van der Waals surface area contributed by atoms with Crippen LogP contribution < -0.4 is 10.1 Å². The van der Waals surface area contributed by atoms with Gasteiger partial charge in [-0.1, -0.05) is 12.1 Å². The number of hydrogen-bond acceptors (Lipinski definition) is 4. The fourth-order valence-electron chi connectivity index (χ4n) is 2.83. The van der Waals surface area contributed by atoms with Crippen LogP contribution in [0.15, 0.2) is 29.8 Å². The number of carbonyl (C=O) groups excluding carboxylic acids is 1. The van der Waals surface area contributed by atoms with Crippen LogP contribution in [0.25, 0.3) is 0 Å². The molecule has 1 N–H and O–H groups in total. The Bertz CT molecular complexity index is 654. The first kappa shape index (κ1) is 15.0. The summed E-state index contributed by atoms with van der Waals surface area (Å²) in [5, 5.41) is 3.07. The minimum atomic E-state index is 0.0956. The van der Waals surface area contributed by atoms with Crippen molar-refractivity contribution < 1.29 is 9.53 Å². The molecule has 0 fully saturated rings. The van der Waals surface area contributed by atoms with Gasteiger partial charge in [-0.2, -0.15) is 0 Å². The lowest BCUT2D eigenvalue weighted by Gasteiger charge is -2.20. The Hall–Kier alpha value is -1.88. The first-order chi connectivity index (χ1) is 10.8. The van der Waals surface area contributed by atoms with Crippen LogP contribution in [0, 0.1) is 5.92 Å². The highest BCUT2D eigenvalue weighted by Crippen LogP contribution is 2.27. The Balaban J connectivity index is 1.48. The number of nitrogens with zero attached hydrogens (tertiary/aromatic N) is 1. The molecule has 1 aromatic carbocycles. The van der Waals surface area contributed by atoms with E-state index in [0.717, 1.165) is 31.4 Å². The van der Waals surface area contributed by atoms with E-state index >= 15 is 0 Å². The van der Waals surface area contributed by atoms with Crippen LogP contribution in [0.3, 0.4) is 0 Å². The summed E-state index contributed by atoms with van der Waals surface area (Å²) in [7, 11) is 1.66. The van der Waals surface area contributed by atoms with Gasteiger partial charge in [0.15, 0.2) is 0 Å². The van der Waals surface area contributed by atoms with Crippen LogP contribution in [0.5, 0.6) is 5.75 Å². The van der Waals surface area contributed by atoms with Gasteiger partial charge < -0.3 is 10.1 Å². The minimum absolute atomic E-state index is 0.0956. The van der Waals surface area contributed by atoms with Crippen molar-refractivity contribution in [3.05, 3.63) is 45.9 Å². The Kier molecular flexibility index (Phi) is 4.73. The first-order valence-corrected chi connectivity index (χ1v) is 8.46. The predicted octanol–water partition coefficient (Wildman–Crippen LogP) is 2.62. The highest BCUT2D eigenvalue weighted by molar-refractivity contribution is 7.09. The Labute approximate surface area is 134 Å². The highest BCUT2D eigenvalue weighted by atomic mass is 32.1. The third kappa shape index (κ3) is 3.47. The van der Waals surface area contributed by atoms with Crippen molar-refractivity contribution in [2.75, 3.05) is 13.7 Å². The van der Waals surface area contributed by atoms with Crippen LogP contribution in [-0.4, -0.2) is 24.5 Å². The molecule has 1 atom stereocenters. The normalized spacial score (nSPS) is 16.9. The first-order valence-electron chi connectivity index (χ1n) is 7.58. The second-order valence-corrected chi connectivity index (χ2v) is 6.49. The lowest BCUT2D eigenvalue weighted by atomic mass is 9.90. The third-order valence-electron chi connectivity index (χ3n) is 4.10.